The zero-order valence-electron chi connectivity index (χ0n) is 14.8. The highest BCUT2D eigenvalue weighted by atomic mass is 79.9. The van der Waals surface area contributed by atoms with E-state index in [1.165, 1.54) is 4.31 Å². The predicted molar refractivity (Wildman–Crippen MR) is 110 cm³/mol. The molecule has 1 heterocycles. The van der Waals surface area contributed by atoms with Crippen LogP contribution in [0.1, 0.15) is 5.56 Å². The molecule has 27 heavy (non-hydrogen) atoms. The number of rotatable bonds is 6. The highest BCUT2D eigenvalue weighted by Gasteiger charge is 2.27. The van der Waals surface area contributed by atoms with Crippen LogP contribution in [0, 0.1) is 0 Å². The molecule has 8 heteroatoms. The van der Waals surface area contributed by atoms with Gasteiger partial charge in [0.2, 0.25) is 15.9 Å². The summed E-state index contributed by atoms with van der Waals surface area (Å²) in [4.78, 5) is 14.2. The van der Waals surface area contributed by atoms with Crippen LogP contribution in [0.3, 0.4) is 0 Å². The van der Waals surface area contributed by atoms with Crippen molar-refractivity contribution in [1.82, 2.24) is 9.21 Å². The van der Waals surface area contributed by atoms with Crippen molar-refractivity contribution in [2.24, 2.45) is 0 Å². The second kappa shape index (κ2) is 8.97. The van der Waals surface area contributed by atoms with Crippen molar-refractivity contribution in [2.45, 2.75) is 5.75 Å². The first-order chi connectivity index (χ1) is 12.9. The van der Waals surface area contributed by atoms with Crippen LogP contribution in [0.5, 0.6) is 0 Å². The van der Waals surface area contributed by atoms with Crippen LogP contribution in [0.4, 0.5) is 5.69 Å². The number of hydrogen-bond donors (Lipinski definition) is 1. The quantitative estimate of drug-likeness (QED) is 0.732. The summed E-state index contributed by atoms with van der Waals surface area (Å²) in [5.74, 6) is -0.0985. The number of nitrogens with one attached hydrogen (secondary N) is 1. The van der Waals surface area contributed by atoms with Crippen LogP contribution < -0.4 is 5.32 Å². The minimum absolute atomic E-state index is 0.0103. The van der Waals surface area contributed by atoms with Crippen molar-refractivity contribution in [3.05, 3.63) is 64.6 Å². The van der Waals surface area contributed by atoms with E-state index in [0.717, 1.165) is 15.7 Å². The Morgan fingerprint density at radius 3 is 2.26 bits per heavy atom. The highest BCUT2D eigenvalue weighted by molar-refractivity contribution is 9.10. The third-order valence-electron chi connectivity index (χ3n) is 4.43. The lowest BCUT2D eigenvalue weighted by molar-refractivity contribution is -0.117. The molecule has 0 aromatic heterocycles. The van der Waals surface area contributed by atoms with Crippen LogP contribution in [0.25, 0.3) is 0 Å². The Bertz CT molecular complexity index is 882. The summed E-state index contributed by atoms with van der Waals surface area (Å²) in [5, 5.41) is 2.87. The average molecular weight is 452 g/mol. The van der Waals surface area contributed by atoms with Gasteiger partial charge in [-0.15, -0.1) is 0 Å². The third-order valence-corrected chi connectivity index (χ3v) is 6.97. The zero-order valence-corrected chi connectivity index (χ0v) is 17.2. The first-order valence-corrected chi connectivity index (χ1v) is 11.1. The molecule has 6 nitrogen and oxygen atoms in total. The molecule has 2 aromatic rings. The molecule has 1 amide bonds. The molecule has 2 aromatic carbocycles. The fraction of sp³-hybridized carbons (Fsp3) is 0.316. The van der Waals surface area contributed by atoms with E-state index in [0.29, 0.717) is 26.2 Å². The summed E-state index contributed by atoms with van der Waals surface area (Å²) < 4.78 is 27.5. The molecule has 1 saturated heterocycles. The van der Waals surface area contributed by atoms with Gasteiger partial charge >= 0.3 is 0 Å². The topological polar surface area (TPSA) is 69.7 Å². The molecular formula is C19H22BrN3O3S. The van der Waals surface area contributed by atoms with Gasteiger partial charge in [-0.05, 0) is 33.6 Å². The van der Waals surface area contributed by atoms with Crippen molar-refractivity contribution in [2.75, 3.05) is 38.0 Å². The number of para-hydroxylation sites is 1. The molecule has 1 fully saturated rings. The summed E-state index contributed by atoms with van der Waals surface area (Å²) in [7, 11) is -3.34. The van der Waals surface area contributed by atoms with Gasteiger partial charge in [-0.1, -0.05) is 42.5 Å². The first-order valence-electron chi connectivity index (χ1n) is 8.72. The van der Waals surface area contributed by atoms with Gasteiger partial charge in [0.15, 0.2) is 0 Å². The van der Waals surface area contributed by atoms with E-state index in [4.69, 9.17) is 0 Å². The first kappa shape index (κ1) is 20.0. The van der Waals surface area contributed by atoms with Crippen LogP contribution >= 0.6 is 15.9 Å². The standard InChI is InChI=1S/C19H22BrN3O3S/c20-17-8-4-5-9-18(17)21-19(24)14-22-10-12-23(13-11-22)27(25,26)15-16-6-2-1-3-7-16/h1-9H,10-15H2,(H,21,24). The summed E-state index contributed by atoms with van der Waals surface area (Å²) in [6.45, 7) is 2.12. The third kappa shape index (κ3) is 5.62. The number of sulfonamides is 1. The fourth-order valence-corrected chi connectivity index (χ4v) is 4.90. The summed E-state index contributed by atoms with van der Waals surface area (Å²) in [6.07, 6.45) is 0. The molecule has 1 aliphatic heterocycles. The summed E-state index contributed by atoms with van der Waals surface area (Å²) >= 11 is 3.41. The van der Waals surface area contributed by atoms with E-state index in [2.05, 4.69) is 21.2 Å². The van der Waals surface area contributed by atoms with Gasteiger partial charge in [-0.2, -0.15) is 4.31 Å². The Hall–Kier alpha value is -1.74. The van der Waals surface area contributed by atoms with E-state index in [1.807, 2.05) is 59.5 Å². The molecule has 3 rings (SSSR count). The molecule has 1 aliphatic rings. The highest BCUT2D eigenvalue weighted by Crippen LogP contribution is 2.21. The number of nitrogens with zero attached hydrogens (tertiary/aromatic N) is 2. The van der Waals surface area contributed by atoms with Gasteiger partial charge < -0.3 is 5.32 Å². The van der Waals surface area contributed by atoms with Crippen LogP contribution in [0.15, 0.2) is 59.1 Å². The Balaban J connectivity index is 1.50. The molecule has 1 N–H and O–H groups in total. The Kier molecular flexibility index (Phi) is 6.64. The van der Waals surface area contributed by atoms with Crippen LogP contribution in [0.2, 0.25) is 0 Å². The van der Waals surface area contributed by atoms with Gasteiger partial charge in [0.25, 0.3) is 0 Å². The van der Waals surface area contributed by atoms with Crippen molar-refractivity contribution in [1.29, 1.82) is 0 Å². The molecule has 0 saturated carbocycles. The zero-order chi connectivity index (χ0) is 19.3. The second-order valence-electron chi connectivity index (χ2n) is 6.45. The van der Waals surface area contributed by atoms with Gasteiger partial charge in [0.1, 0.15) is 0 Å². The number of amides is 1. The monoisotopic (exact) mass is 451 g/mol. The number of hydrogen-bond acceptors (Lipinski definition) is 4. The van der Waals surface area contributed by atoms with Crippen molar-refractivity contribution >= 4 is 37.5 Å². The Morgan fingerprint density at radius 1 is 0.963 bits per heavy atom. The fourth-order valence-electron chi connectivity index (χ4n) is 3.00. The molecule has 144 valence electrons. The maximum Gasteiger partial charge on any atom is 0.238 e. The number of carbonyl (C=O) groups is 1. The number of benzene rings is 2. The molecule has 0 unspecified atom stereocenters. The van der Waals surface area contributed by atoms with E-state index < -0.39 is 10.0 Å². The summed E-state index contributed by atoms with van der Waals surface area (Å²) in [6, 6.07) is 16.6. The van der Waals surface area contributed by atoms with E-state index in [1.54, 1.807) is 0 Å². The van der Waals surface area contributed by atoms with Gasteiger partial charge in [0, 0.05) is 30.7 Å². The SMILES string of the molecule is O=C(CN1CCN(S(=O)(=O)Cc2ccccc2)CC1)Nc1ccccc1Br. The molecule has 0 atom stereocenters. The van der Waals surface area contributed by atoms with Crippen molar-refractivity contribution in [3.63, 3.8) is 0 Å². The number of halogens is 1. The second-order valence-corrected chi connectivity index (χ2v) is 9.27. The predicted octanol–water partition coefficient (Wildman–Crippen LogP) is 2.54. The molecular weight excluding hydrogens is 430 g/mol. The average Bonchev–Trinajstić information content (AvgIpc) is 2.64. The smallest absolute Gasteiger partial charge is 0.238 e. The van der Waals surface area contributed by atoms with E-state index in [9.17, 15) is 13.2 Å². The lowest BCUT2D eigenvalue weighted by Crippen LogP contribution is -2.50. The van der Waals surface area contributed by atoms with E-state index >= 15 is 0 Å². The molecule has 0 spiro atoms. The Labute approximate surface area is 168 Å². The van der Waals surface area contributed by atoms with Crippen LogP contribution in [-0.2, 0) is 20.6 Å². The van der Waals surface area contributed by atoms with Crippen LogP contribution in [-0.4, -0.2) is 56.3 Å². The number of carbonyl (C=O) groups excluding carboxylic acids is 1. The lowest BCUT2D eigenvalue weighted by atomic mass is 10.2. The normalized spacial score (nSPS) is 16.2. The van der Waals surface area contributed by atoms with E-state index in [-0.39, 0.29) is 18.2 Å². The molecule has 0 aliphatic carbocycles. The summed E-state index contributed by atoms with van der Waals surface area (Å²) in [5.41, 5.74) is 1.51. The van der Waals surface area contributed by atoms with Gasteiger partial charge in [-0.25, -0.2) is 8.42 Å². The van der Waals surface area contributed by atoms with Gasteiger partial charge in [0.05, 0.1) is 18.0 Å². The largest absolute Gasteiger partial charge is 0.324 e. The van der Waals surface area contributed by atoms with Crippen molar-refractivity contribution < 1.29 is 13.2 Å². The Morgan fingerprint density at radius 2 is 1.59 bits per heavy atom. The number of anilines is 1. The maximum atomic E-state index is 12.6. The maximum absolute atomic E-state index is 12.6. The molecule has 0 radical (unpaired) electrons. The van der Waals surface area contributed by atoms with Crippen molar-refractivity contribution in [3.8, 4) is 0 Å². The van der Waals surface area contributed by atoms with Gasteiger partial charge in [-0.3, -0.25) is 9.69 Å². The minimum Gasteiger partial charge on any atom is -0.324 e. The minimum atomic E-state index is -3.34. The lowest BCUT2D eigenvalue weighted by Gasteiger charge is -2.33. The molecule has 0 bridgehead atoms. The number of piperazine rings is 1.